The number of rotatable bonds is 5. The van der Waals surface area contributed by atoms with E-state index in [1.807, 2.05) is 11.0 Å². The van der Waals surface area contributed by atoms with Gasteiger partial charge in [-0.05, 0) is 68.5 Å². The monoisotopic (exact) mass is 391 g/mol. The molecule has 2 saturated heterocycles. The number of nitrogens with zero attached hydrogens (tertiary/aromatic N) is 3. The number of pyridine rings is 1. The van der Waals surface area contributed by atoms with Crippen molar-refractivity contribution in [3.63, 3.8) is 0 Å². The summed E-state index contributed by atoms with van der Waals surface area (Å²) < 4.78 is 26.8. The Balaban J connectivity index is 1.32. The van der Waals surface area contributed by atoms with Crippen LogP contribution in [0.3, 0.4) is 0 Å². The van der Waals surface area contributed by atoms with Gasteiger partial charge in [-0.15, -0.1) is 0 Å². The van der Waals surface area contributed by atoms with E-state index in [0.29, 0.717) is 31.1 Å². The molecule has 0 radical (unpaired) electrons. The number of hydrogen-bond donors (Lipinski definition) is 0. The minimum absolute atomic E-state index is 0.0665. The summed E-state index contributed by atoms with van der Waals surface area (Å²) in [7, 11) is 0. The van der Waals surface area contributed by atoms with Crippen LogP contribution in [-0.4, -0.2) is 47.9 Å². The number of halogens is 2. The van der Waals surface area contributed by atoms with Gasteiger partial charge in [0.05, 0.1) is 0 Å². The minimum atomic E-state index is -2.43. The second-order valence-electron chi connectivity index (χ2n) is 8.78. The Labute approximate surface area is 166 Å². The number of carbonyl (C=O) groups excluding carboxylic acids is 1. The largest absolute Gasteiger partial charge is 0.303 e. The predicted octanol–water partition coefficient (Wildman–Crippen LogP) is 4.29. The lowest BCUT2D eigenvalue weighted by molar-refractivity contribution is -0.119. The highest BCUT2D eigenvalue weighted by Crippen LogP contribution is 2.41. The molecule has 1 unspecified atom stereocenters. The Morgan fingerprint density at radius 3 is 2.71 bits per heavy atom. The van der Waals surface area contributed by atoms with Crippen molar-refractivity contribution in [1.82, 2.24) is 9.88 Å². The summed E-state index contributed by atoms with van der Waals surface area (Å²) in [5.41, 5.74) is 1.14. The third-order valence-electron chi connectivity index (χ3n) is 6.88. The molecule has 3 aliphatic rings. The first kappa shape index (κ1) is 19.7. The molecule has 1 saturated carbocycles. The van der Waals surface area contributed by atoms with Gasteiger partial charge in [-0.3, -0.25) is 9.69 Å². The zero-order chi connectivity index (χ0) is 19.6. The Kier molecular flexibility index (Phi) is 5.95. The molecule has 154 valence electrons. The fraction of sp³-hybridized carbons (Fsp3) is 0.727. The Hall–Kier alpha value is -1.56. The number of piperidine rings is 1. The highest BCUT2D eigenvalue weighted by Gasteiger charge is 2.39. The molecule has 1 aromatic heterocycles. The van der Waals surface area contributed by atoms with Crippen molar-refractivity contribution in [3.8, 4) is 0 Å². The van der Waals surface area contributed by atoms with Crippen LogP contribution in [0.5, 0.6) is 0 Å². The van der Waals surface area contributed by atoms with E-state index in [0.717, 1.165) is 63.2 Å². The molecule has 28 heavy (non-hydrogen) atoms. The predicted molar refractivity (Wildman–Crippen MR) is 106 cm³/mol. The van der Waals surface area contributed by atoms with Gasteiger partial charge in [-0.25, -0.2) is 13.8 Å². The van der Waals surface area contributed by atoms with Crippen molar-refractivity contribution in [2.75, 3.05) is 31.1 Å². The first-order valence-corrected chi connectivity index (χ1v) is 10.9. The van der Waals surface area contributed by atoms with Gasteiger partial charge in [-0.1, -0.05) is 6.07 Å². The van der Waals surface area contributed by atoms with Crippen LogP contribution >= 0.6 is 0 Å². The second kappa shape index (κ2) is 8.44. The molecule has 0 bridgehead atoms. The lowest BCUT2D eigenvalue weighted by atomic mass is 9.78. The highest BCUT2D eigenvalue weighted by atomic mass is 19.3. The van der Waals surface area contributed by atoms with Gasteiger partial charge in [0.2, 0.25) is 11.8 Å². The van der Waals surface area contributed by atoms with E-state index in [4.69, 9.17) is 0 Å². The lowest BCUT2D eigenvalue weighted by Gasteiger charge is -2.32. The van der Waals surface area contributed by atoms with E-state index in [2.05, 4.69) is 16.0 Å². The number of carbonyl (C=O) groups is 1. The summed E-state index contributed by atoms with van der Waals surface area (Å²) in [6.45, 7) is 3.78. The van der Waals surface area contributed by atoms with Crippen molar-refractivity contribution in [1.29, 1.82) is 0 Å². The second-order valence-corrected chi connectivity index (χ2v) is 8.78. The molecule has 4 rings (SSSR count). The molecule has 0 N–H and O–H groups in total. The molecule has 1 aromatic rings. The molecule has 1 amide bonds. The number of anilines is 1. The van der Waals surface area contributed by atoms with Crippen LogP contribution in [0.4, 0.5) is 14.6 Å². The quantitative estimate of drug-likeness (QED) is 0.751. The number of alkyl halides is 2. The summed E-state index contributed by atoms with van der Waals surface area (Å²) >= 11 is 0. The van der Waals surface area contributed by atoms with E-state index in [-0.39, 0.29) is 18.7 Å². The van der Waals surface area contributed by atoms with Gasteiger partial charge in [0.1, 0.15) is 5.82 Å². The number of likely N-dealkylation sites (tertiary alicyclic amines) is 1. The maximum Gasteiger partial charge on any atom is 0.248 e. The summed E-state index contributed by atoms with van der Waals surface area (Å²) in [6, 6.07) is 4.03. The van der Waals surface area contributed by atoms with E-state index < -0.39 is 5.92 Å². The van der Waals surface area contributed by atoms with E-state index >= 15 is 0 Å². The number of amides is 1. The summed E-state index contributed by atoms with van der Waals surface area (Å²) in [4.78, 5) is 21.1. The molecule has 1 aliphatic carbocycles. The van der Waals surface area contributed by atoms with E-state index in [1.165, 1.54) is 0 Å². The molecule has 4 nitrogen and oxygen atoms in total. The van der Waals surface area contributed by atoms with E-state index in [1.54, 1.807) is 6.20 Å². The Bertz CT molecular complexity index is 686. The zero-order valence-electron chi connectivity index (χ0n) is 16.6. The average Bonchev–Trinajstić information content (AvgIpc) is 3.16. The maximum atomic E-state index is 13.4. The van der Waals surface area contributed by atoms with Crippen LogP contribution in [0.2, 0.25) is 0 Å². The standard InChI is InChI=1S/C22H31F2N3O/c23-22(24)10-6-17(7-11-22)19-9-15-26(16-19)14-8-18-4-3-12-25-21(18)27-13-2-1-5-20(27)28/h3-4,12,17,19H,1-2,5-11,13-16H2. The maximum absolute atomic E-state index is 13.4. The number of aromatic nitrogens is 1. The van der Waals surface area contributed by atoms with Crippen molar-refractivity contribution in [3.05, 3.63) is 23.9 Å². The van der Waals surface area contributed by atoms with Crippen LogP contribution in [-0.2, 0) is 11.2 Å². The SMILES string of the molecule is O=C1CCCCN1c1ncccc1CCN1CCC(C2CCC(F)(F)CC2)C1. The fourth-order valence-electron chi connectivity index (χ4n) is 5.16. The van der Waals surface area contributed by atoms with Gasteiger partial charge in [0.25, 0.3) is 0 Å². The minimum Gasteiger partial charge on any atom is -0.303 e. The summed E-state index contributed by atoms with van der Waals surface area (Å²) in [5.74, 6) is -0.395. The van der Waals surface area contributed by atoms with Crippen molar-refractivity contribution in [2.45, 2.75) is 63.7 Å². The number of hydrogen-bond acceptors (Lipinski definition) is 3. The molecular weight excluding hydrogens is 360 g/mol. The average molecular weight is 392 g/mol. The van der Waals surface area contributed by atoms with Crippen LogP contribution in [0.15, 0.2) is 18.3 Å². The van der Waals surface area contributed by atoms with Crippen LogP contribution < -0.4 is 4.90 Å². The molecule has 3 fully saturated rings. The normalized spacial score (nSPS) is 26.7. The third-order valence-corrected chi connectivity index (χ3v) is 6.88. The Morgan fingerprint density at radius 1 is 1.11 bits per heavy atom. The smallest absolute Gasteiger partial charge is 0.248 e. The first-order chi connectivity index (χ1) is 13.5. The molecular formula is C22H31F2N3O. The van der Waals surface area contributed by atoms with Gasteiger partial charge in [0, 0.05) is 45.1 Å². The van der Waals surface area contributed by atoms with Gasteiger partial charge < -0.3 is 4.90 Å². The molecule has 3 heterocycles. The molecule has 0 aromatic carbocycles. The van der Waals surface area contributed by atoms with Crippen LogP contribution in [0.1, 0.15) is 56.9 Å². The lowest BCUT2D eigenvalue weighted by Crippen LogP contribution is -2.36. The van der Waals surface area contributed by atoms with Crippen LogP contribution in [0.25, 0.3) is 0 Å². The molecule has 2 aliphatic heterocycles. The summed E-state index contributed by atoms with van der Waals surface area (Å²) in [6.07, 6.45) is 7.88. The first-order valence-electron chi connectivity index (χ1n) is 10.9. The van der Waals surface area contributed by atoms with Crippen molar-refractivity contribution < 1.29 is 13.6 Å². The van der Waals surface area contributed by atoms with Gasteiger partial charge in [0.15, 0.2) is 0 Å². The van der Waals surface area contributed by atoms with E-state index in [9.17, 15) is 13.6 Å². The topological polar surface area (TPSA) is 36.4 Å². The van der Waals surface area contributed by atoms with Crippen LogP contribution in [0, 0.1) is 11.8 Å². The highest BCUT2D eigenvalue weighted by molar-refractivity contribution is 5.93. The fourth-order valence-corrected chi connectivity index (χ4v) is 5.16. The van der Waals surface area contributed by atoms with Gasteiger partial charge in [-0.2, -0.15) is 0 Å². The van der Waals surface area contributed by atoms with Crippen molar-refractivity contribution >= 4 is 11.7 Å². The molecule has 0 spiro atoms. The summed E-state index contributed by atoms with van der Waals surface area (Å²) in [5, 5.41) is 0. The van der Waals surface area contributed by atoms with Gasteiger partial charge >= 0.3 is 0 Å². The third kappa shape index (κ3) is 4.53. The Morgan fingerprint density at radius 2 is 1.93 bits per heavy atom. The molecule has 6 heteroatoms. The van der Waals surface area contributed by atoms with Crippen molar-refractivity contribution in [2.24, 2.45) is 11.8 Å². The zero-order valence-corrected chi connectivity index (χ0v) is 16.6. The molecule has 1 atom stereocenters.